The predicted molar refractivity (Wildman–Crippen MR) is 57.5 cm³/mol. The first-order valence-electron chi connectivity index (χ1n) is 3.72. The van der Waals surface area contributed by atoms with Crippen molar-refractivity contribution in [2.24, 2.45) is 0 Å². The number of rotatable bonds is 1. The van der Waals surface area contributed by atoms with Gasteiger partial charge in [-0.25, -0.2) is 0 Å². The van der Waals surface area contributed by atoms with Crippen LogP contribution in [0.5, 0.6) is 11.5 Å². The van der Waals surface area contributed by atoms with Gasteiger partial charge in [-0.1, -0.05) is 12.1 Å². The Morgan fingerprint density at radius 2 is 2.29 bits per heavy atom. The van der Waals surface area contributed by atoms with Crippen molar-refractivity contribution in [2.75, 3.05) is 0 Å². The molecule has 5 nitrogen and oxygen atoms in total. The van der Waals surface area contributed by atoms with Gasteiger partial charge in [-0.2, -0.15) is 13.1 Å². The minimum Gasteiger partial charge on any atom is -0.424 e. The molecule has 0 unspecified atom stereocenters. The fourth-order valence-electron chi connectivity index (χ4n) is 1.16. The van der Waals surface area contributed by atoms with Gasteiger partial charge in [0.05, 0.1) is 0 Å². The van der Waals surface area contributed by atoms with Crippen LogP contribution >= 0.6 is 23.0 Å². The largest absolute Gasteiger partial charge is 0.424 e. The molecule has 0 spiro atoms. The standard InChI is InChI=1S/C7H6INO4S/c8-12-6-3-1-2-5-4-9-14(10,11)13-7(5)6/h1-3,9H,4H2. The van der Waals surface area contributed by atoms with E-state index in [9.17, 15) is 8.42 Å². The van der Waals surface area contributed by atoms with Crippen LogP contribution in [0.15, 0.2) is 18.2 Å². The molecule has 0 aromatic heterocycles. The second-order valence-corrected chi connectivity index (χ2v) is 4.48. The number of halogens is 1. The van der Waals surface area contributed by atoms with Gasteiger partial charge >= 0.3 is 10.3 Å². The van der Waals surface area contributed by atoms with Crippen molar-refractivity contribution in [3.8, 4) is 11.5 Å². The van der Waals surface area contributed by atoms with E-state index in [2.05, 4.69) is 4.72 Å². The van der Waals surface area contributed by atoms with Gasteiger partial charge in [-0.3, -0.25) is 0 Å². The number of benzene rings is 1. The lowest BCUT2D eigenvalue weighted by atomic mass is 10.2. The fraction of sp³-hybridized carbons (Fsp3) is 0.143. The van der Waals surface area contributed by atoms with E-state index in [0.29, 0.717) is 5.75 Å². The average Bonchev–Trinajstić information content (AvgIpc) is 2.15. The maximum absolute atomic E-state index is 11.1. The van der Waals surface area contributed by atoms with Crippen LogP contribution in [0.4, 0.5) is 0 Å². The Morgan fingerprint density at radius 3 is 3.00 bits per heavy atom. The molecule has 1 aromatic rings. The third kappa shape index (κ3) is 1.79. The highest BCUT2D eigenvalue weighted by Gasteiger charge is 2.24. The summed E-state index contributed by atoms with van der Waals surface area (Å²) in [6.45, 7) is 0.228. The number of para-hydroxylation sites is 1. The van der Waals surface area contributed by atoms with Crippen LogP contribution in [0.1, 0.15) is 5.56 Å². The van der Waals surface area contributed by atoms with Crippen LogP contribution in [0.3, 0.4) is 0 Å². The summed E-state index contributed by atoms with van der Waals surface area (Å²) in [7, 11) is -3.66. The van der Waals surface area contributed by atoms with E-state index in [-0.39, 0.29) is 12.3 Å². The molecule has 7 heteroatoms. The van der Waals surface area contributed by atoms with E-state index in [1.165, 1.54) is 0 Å². The summed E-state index contributed by atoms with van der Waals surface area (Å²) in [5, 5.41) is 0. The van der Waals surface area contributed by atoms with Crippen molar-refractivity contribution >= 4 is 33.3 Å². The highest BCUT2D eigenvalue weighted by molar-refractivity contribution is 14.1. The van der Waals surface area contributed by atoms with Gasteiger partial charge in [0.15, 0.2) is 34.5 Å². The number of nitrogens with one attached hydrogen (secondary N) is 1. The summed E-state index contributed by atoms with van der Waals surface area (Å²) in [6, 6.07) is 5.19. The van der Waals surface area contributed by atoms with Gasteiger partial charge in [0.25, 0.3) is 0 Å². The average molecular weight is 327 g/mol. The second-order valence-electron chi connectivity index (χ2n) is 2.68. The number of hydrogen-bond donors (Lipinski definition) is 1. The van der Waals surface area contributed by atoms with Gasteiger partial charge < -0.3 is 7.25 Å². The molecule has 1 aliphatic heterocycles. The van der Waals surface area contributed by atoms with Crippen LogP contribution in [-0.4, -0.2) is 8.42 Å². The van der Waals surface area contributed by atoms with E-state index >= 15 is 0 Å². The molecule has 1 aromatic carbocycles. The molecule has 1 N–H and O–H groups in total. The zero-order valence-electron chi connectivity index (χ0n) is 6.86. The molecule has 1 aliphatic rings. The van der Waals surface area contributed by atoms with Crippen molar-refractivity contribution in [2.45, 2.75) is 6.54 Å². The maximum Gasteiger partial charge on any atom is 0.383 e. The summed E-state index contributed by atoms with van der Waals surface area (Å²) in [6.07, 6.45) is 0. The first-order valence-corrected chi connectivity index (χ1v) is 6.01. The Hall–Kier alpha value is -0.540. The van der Waals surface area contributed by atoms with E-state index in [1.54, 1.807) is 41.2 Å². The molecule has 2 rings (SSSR count). The maximum atomic E-state index is 11.1. The Kier molecular flexibility index (Phi) is 2.54. The Balaban J connectivity index is 2.53. The lowest BCUT2D eigenvalue weighted by Gasteiger charge is -2.18. The molecule has 0 fully saturated rings. The molecule has 0 saturated carbocycles. The molecular formula is C7H6INO4S. The summed E-state index contributed by atoms with van der Waals surface area (Å²) >= 11 is 1.68. The van der Waals surface area contributed by atoms with Crippen molar-refractivity contribution in [3.05, 3.63) is 23.8 Å². The van der Waals surface area contributed by atoms with Gasteiger partial charge in [0.2, 0.25) is 0 Å². The van der Waals surface area contributed by atoms with E-state index in [4.69, 9.17) is 7.25 Å². The minimum absolute atomic E-state index is 0.228. The quantitative estimate of drug-likeness (QED) is 0.786. The molecule has 0 aliphatic carbocycles. The lowest BCUT2D eigenvalue weighted by Crippen LogP contribution is -2.32. The molecule has 76 valence electrons. The van der Waals surface area contributed by atoms with Crippen LogP contribution in [-0.2, 0) is 16.8 Å². The highest BCUT2D eigenvalue weighted by Crippen LogP contribution is 2.35. The lowest BCUT2D eigenvalue weighted by molar-refractivity contribution is 0.445. The first-order chi connectivity index (χ1) is 6.62. The third-order valence-electron chi connectivity index (χ3n) is 1.78. The van der Waals surface area contributed by atoms with Crippen molar-refractivity contribution in [3.63, 3.8) is 0 Å². The zero-order chi connectivity index (χ0) is 10.2. The molecule has 0 bridgehead atoms. The fourth-order valence-corrected chi connectivity index (χ4v) is 2.31. The monoisotopic (exact) mass is 327 g/mol. The Bertz CT molecular complexity index is 445. The number of fused-ring (bicyclic) bond motifs is 1. The molecule has 0 saturated heterocycles. The molecule has 0 radical (unpaired) electrons. The predicted octanol–water partition coefficient (Wildman–Crippen LogP) is 1.14. The van der Waals surface area contributed by atoms with E-state index < -0.39 is 10.3 Å². The summed E-state index contributed by atoms with van der Waals surface area (Å²) in [5.74, 6) is 0.675. The normalized spacial score (nSPS) is 18.1. The highest BCUT2D eigenvalue weighted by atomic mass is 127. The topological polar surface area (TPSA) is 64.6 Å². The van der Waals surface area contributed by atoms with Gasteiger partial charge in [-0.15, -0.1) is 0 Å². The zero-order valence-corrected chi connectivity index (χ0v) is 9.83. The van der Waals surface area contributed by atoms with Crippen LogP contribution < -0.4 is 12.0 Å². The van der Waals surface area contributed by atoms with Crippen LogP contribution in [0.2, 0.25) is 0 Å². The number of hydrogen-bond acceptors (Lipinski definition) is 4. The minimum atomic E-state index is -3.66. The molecule has 0 amide bonds. The second kappa shape index (κ2) is 3.55. The van der Waals surface area contributed by atoms with Gasteiger partial charge in [-0.05, 0) is 6.07 Å². The van der Waals surface area contributed by atoms with Crippen molar-refractivity contribution in [1.29, 1.82) is 0 Å². The van der Waals surface area contributed by atoms with Gasteiger partial charge in [0.1, 0.15) is 0 Å². The Morgan fingerprint density at radius 1 is 1.50 bits per heavy atom. The summed E-state index contributed by atoms with van der Waals surface area (Å²) in [4.78, 5) is 0. The molecule has 0 atom stereocenters. The molecule has 14 heavy (non-hydrogen) atoms. The SMILES string of the molecule is O=S1(=O)NCc2cccc(OI)c2O1. The van der Waals surface area contributed by atoms with Crippen molar-refractivity contribution < 1.29 is 15.7 Å². The van der Waals surface area contributed by atoms with Gasteiger partial charge in [0, 0.05) is 12.1 Å². The first kappa shape index (κ1) is 9.99. The van der Waals surface area contributed by atoms with E-state index in [0.717, 1.165) is 5.56 Å². The summed E-state index contributed by atoms with van der Waals surface area (Å²) < 4.78 is 34.2. The van der Waals surface area contributed by atoms with Crippen molar-refractivity contribution in [1.82, 2.24) is 4.72 Å². The molecular weight excluding hydrogens is 321 g/mol. The summed E-state index contributed by atoms with van der Waals surface area (Å²) in [5.41, 5.74) is 0.758. The Labute approximate surface area is 95.4 Å². The third-order valence-corrected chi connectivity index (χ3v) is 3.13. The van der Waals surface area contributed by atoms with Crippen LogP contribution in [0, 0.1) is 0 Å². The van der Waals surface area contributed by atoms with E-state index in [1.807, 2.05) is 0 Å². The van der Waals surface area contributed by atoms with Crippen LogP contribution in [0.25, 0.3) is 0 Å². The smallest absolute Gasteiger partial charge is 0.383 e. The molecule has 1 heterocycles.